The third kappa shape index (κ3) is 4.91. The standard InChI is InChI=1S/C23H27N3O5/c1-15(16-7-8-19(28-2)17(11-16)14-26-10-6-9-24-26)25-23(27)18-12-21(30-4)22(31-5)13-20(18)29-3/h6-13,15H,14H2,1-5H3,(H,25,27)/t15-/m0/s1. The third-order valence-electron chi connectivity index (χ3n) is 4.99. The normalized spacial score (nSPS) is 11.5. The predicted octanol–water partition coefficient (Wildman–Crippen LogP) is 3.46. The van der Waals surface area contributed by atoms with Gasteiger partial charge in [0.15, 0.2) is 11.5 Å². The zero-order valence-corrected chi connectivity index (χ0v) is 18.3. The molecule has 8 heteroatoms. The van der Waals surface area contributed by atoms with Crippen molar-refractivity contribution < 1.29 is 23.7 Å². The minimum Gasteiger partial charge on any atom is -0.496 e. The van der Waals surface area contributed by atoms with Gasteiger partial charge >= 0.3 is 0 Å². The van der Waals surface area contributed by atoms with Crippen molar-refractivity contribution in [2.24, 2.45) is 0 Å². The van der Waals surface area contributed by atoms with E-state index in [9.17, 15) is 4.79 Å². The number of hydrogen-bond donors (Lipinski definition) is 1. The fourth-order valence-electron chi connectivity index (χ4n) is 3.32. The van der Waals surface area contributed by atoms with Crippen LogP contribution in [0.2, 0.25) is 0 Å². The molecular weight excluding hydrogens is 398 g/mol. The van der Waals surface area contributed by atoms with Crippen LogP contribution in [0.4, 0.5) is 0 Å². The Balaban J connectivity index is 1.84. The molecule has 0 aliphatic carbocycles. The van der Waals surface area contributed by atoms with Gasteiger partial charge in [-0.05, 0) is 30.7 Å². The monoisotopic (exact) mass is 425 g/mol. The highest BCUT2D eigenvalue weighted by Crippen LogP contribution is 2.35. The lowest BCUT2D eigenvalue weighted by Gasteiger charge is -2.19. The number of aromatic nitrogens is 2. The van der Waals surface area contributed by atoms with Crippen molar-refractivity contribution in [3.63, 3.8) is 0 Å². The lowest BCUT2D eigenvalue weighted by Crippen LogP contribution is -2.27. The number of hydrogen-bond acceptors (Lipinski definition) is 6. The molecule has 1 heterocycles. The molecule has 0 radical (unpaired) electrons. The summed E-state index contributed by atoms with van der Waals surface area (Å²) in [6, 6.07) is 10.7. The molecule has 31 heavy (non-hydrogen) atoms. The van der Waals surface area contributed by atoms with E-state index < -0.39 is 0 Å². The van der Waals surface area contributed by atoms with E-state index in [4.69, 9.17) is 18.9 Å². The van der Waals surface area contributed by atoms with Crippen LogP contribution in [0.1, 0.15) is 34.5 Å². The molecule has 1 aromatic heterocycles. The number of ether oxygens (including phenoxy) is 4. The molecule has 0 unspecified atom stereocenters. The van der Waals surface area contributed by atoms with Gasteiger partial charge in [0.1, 0.15) is 11.5 Å². The van der Waals surface area contributed by atoms with Crippen molar-refractivity contribution >= 4 is 5.91 Å². The van der Waals surface area contributed by atoms with Crippen LogP contribution >= 0.6 is 0 Å². The second-order valence-corrected chi connectivity index (χ2v) is 6.88. The molecule has 0 aliphatic heterocycles. The van der Waals surface area contributed by atoms with Gasteiger partial charge in [-0.1, -0.05) is 6.07 Å². The molecule has 0 aliphatic rings. The molecule has 164 valence electrons. The summed E-state index contributed by atoms with van der Waals surface area (Å²) in [4.78, 5) is 13.0. The molecule has 0 fully saturated rings. The van der Waals surface area contributed by atoms with Gasteiger partial charge in [-0.25, -0.2) is 0 Å². The van der Waals surface area contributed by atoms with Crippen molar-refractivity contribution in [2.75, 3.05) is 28.4 Å². The highest BCUT2D eigenvalue weighted by Gasteiger charge is 2.20. The van der Waals surface area contributed by atoms with Gasteiger partial charge in [0.05, 0.1) is 46.6 Å². The Hall–Kier alpha value is -3.68. The second-order valence-electron chi connectivity index (χ2n) is 6.88. The number of nitrogens with one attached hydrogen (secondary N) is 1. The highest BCUT2D eigenvalue weighted by atomic mass is 16.5. The average molecular weight is 425 g/mol. The van der Waals surface area contributed by atoms with Crippen molar-refractivity contribution in [3.05, 3.63) is 65.5 Å². The molecular formula is C23H27N3O5. The van der Waals surface area contributed by atoms with Crippen molar-refractivity contribution in [1.29, 1.82) is 0 Å². The minimum absolute atomic E-state index is 0.257. The number of amides is 1. The van der Waals surface area contributed by atoms with Crippen molar-refractivity contribution in [3.8, 4) is 23.0 Å². The first-order valence-electron chi connectivity index (χ1n) is 9.75. The quantitative estimate of drug-likeness (QED) is 0.565. The molecule has 3 rings (SSSR count). The lowest BCUT2D eigenvalue weighted by atomic mass is 10.0. The summed E-state index contributed by atoms with van der Waals surface area (Å²) in [7, 11) is 6.19. The maximum absolute atomic E-state index is 13.0. The molecule has 0 saturated carbocycles. The predicted molar refractivity (Wildman–Crippen MR) is 116 cm³/mol. The summed E-state index contributed by atoms with van der Waals surface area (Å²) in [6.07, 6.45) is 3.62. The Morgan fingerprint density at radius 3 is 2.26 bits per heavy atom. The van der Waals surface area contributed by atoms with Gasteiger partial charge in [0, 0.05) is 30.1 Å². The Labute approximate surface area is 181 Å². The maximum Gasteiger partial charge on any atom is 0.255 e. The van der Waals surface area contributed by atoms with Crippen LogP contribution in [0.25, 0.3) is 0 Å². The minimum atomic E-state index is -0.283. The summed E-state index contributed by atoms with van der Waals surface area (Å²) in [5, 5.41) is 7.28. The van der Waals surface area contributed by atoms with E-state index in [1.165, 1.54) is 21.3 Å². The van der Waals surface area contributed by atoms with Crippen LogP contribution < -0.4 is 24.3 Å². The number of carbonyl (C=O) groups is 1. The molecule has 1 atom stereocenters. The van der Waals surface area contributed by atoms with Crippen LogP contribution in [0.15, 0.2) is 48.8 Å². The van der Waals surface area contributed by atoms with Gasteiger partial charge in [0.2, 0.25) is 0 Å². The van der Waals surface area contributed by atoms with E-state index in [2.05, 4.69) is 10.4 Å². The van der Waals surface area contributed by atoms with Crippen LogP contribution in [-0.4, -0.2) is 44.1 Å². The smallest absolute Gasteiger partial charge is 0.255 e. The zero-order chi connectivity index (χ0) is 22.4. The van der Waals surface area contributed by atoms with Crippen LogP contribution in [0.3, 0.4) is 0 Å². The first-order valence-corrected chi connectivity index (χ1v) is 9.75. The number of carbonyl (C=O) groups excluding carboxylic acids is 1. The van der Waals surface area contributed by atoms with Crippen LogP contribution in [0, 0.1) is 0 Å². The molecule has 3 aromatic rings. The Morgan fingerprint density at radius 1 is 0.968 bits per heavy atom. The average Bonchev–Trinajstić information content (AvgIpc) is 3.30. The molecule has 1 N–H and O–H groups in total. The molecule has 0 bridgehead atoms. The molecule has 0 saturated heterocycles. The fraction of sp³-hybridized carbons (Fsp3) is 0.304. The van der Waals surface area contributed by atoms with E-state index >= 15 is 0 Å². The number of methoxy groups -OCH3 is 4. The highest BCUT2D eigenvalue weighted by molar-refractivity contribution is 5.98. The molecule has 1 amide bonds. The van der Waals surface area contributed by atoms with Gasteiger partial charge in [-0.3, -0.25) is 9.48 Å². The van der Waals surface area contributed by atoms with Crippen molar-refractivity contribution in [2.45, 2.75) is 19.5 Å². The van der Waals surface area contributed by atoms with E-state index in [0.717, 1.165) is 16.9 Å². The van der Waals surface area contributed by atoms with Gasteiger partial charge in [-0.15, -0.1) is 0 Å². The summed E-state index contributed by atoms with van der Waals surface area (Å²) < 4.78 is 23.3. The van der Waals surface area contributed by atoms with Crippen molar-refractivity contribution in [1.82, 2.24) is 15.1 Å². The van der Waals surface area contributed by atoms with E-state index in [0.29, 0.717) is 29.4 Å². The molecule has 8 nitrogen and oxygen atoms in total. The Kier molecular flexibility index (Phi) is 7.02. The lowest BCUT2D eigenvalue weighted by molar-refractivity contribution is 0.0936. The second kappa shape index (κ2) is 9.88. The van der Waals surface area contributed by atoms with E-state index in [1.807, 2.05) is 42.1 Å². The summed E-state index contributed by atoms with van der Waals surface area (Å²) in [5.74, 6) is 1.82. The van der Waals surface area contributed by atoms with Gasteiger partial charge < -0.3 is 24.3 Å². The van der Waals surface area contributed by atoms with Crippen LogP contribution in [0.5, 0.6) is 23.0 Å². The summed E-state index contributed by atoms with van der Waals surface area (Å²) >= 11 is 0. The summed E-state index contributed by atoms with van der Waals surface area (Å²) in [5.41, 5.74) is 2.27. The number of nitrogens with zero attached hydrogens (tertiary/aromatic N) is 2. The van der Waals surface area contributed by atoms with E-state index in [1.54, 1.807) is 25.4 Å². The van der Waals surface area contributed by atoms with Gasteiger partial charge in [-0.2, -0.15) is 5.10 Å². The first kappa shape index (κ1) is 22.0. The molecule has 0 spiro atoms. The first-order chi connectivity index (χ1) is 15.0. The zero-order valence-electron chi connectivity index (χ0n) is 18.3. The topological polar surface area (TPSA) is 83.8 Å². The molecule has 2 aromatic carbocycles. The van der Waals surface area contributed by atoms with Crippen LogP contribution in [-0.2, 0) is 6.54 Å². The van der Waals surface area contributed by atoms with Gasteiger partial charge in [0.25, 0.3) is 5.91 Å². The Bertz CT molecular complexity index is 1030. The number of benzene rings is 2. The maximum atomic E-state index is 13.0. The third-order valence-corrected chi connectivity index (χ3v) is 4.99. The largest absolute Gasteiger partial charge is 0.496 e. The fourth-order valence-corrected chi connectivity index (χ4v) is 3.32. The number of rotatable bonds is 9. The summed E-state index contributed by atoms with van der Waals surface area (Å²) in [6.45, 7) is 2.48. The SMILES string of the molecule is COc1ccc([C@H](C)NC(=O)c2cc(OC)c(OC)cc2OC)cc1Cn1cccn1. The Morgan fingerprint density at radius 2 is 1.65 bits per heavy atom. The van der Waals surface area contributed by atoms with E-state index in [-0.39, 0.29) is 11.9 Å².